The number of carbonyl (C=O) groups is 1. The fourth-order valence-corrected chi connectivity index (χ4v) is 3.93. The molecule has 0 radical (unpaired) electrons. The van der Waals surface area contributed by atoms with E-state index in [2.05, 4.69) is 115 Å². The molecule has 0 saturated carbocycles. The van der Waals surface area contributed by atoms with Gasteiger partial charge in [-0.2, -0.15) is 0 Å². The largest absolute Gasteiger partial charge is 0.499 e. The minimum absolute atomic E-state index is 0.247. The van der Waals surface area contributed by atoms with Gasteiger partial charge in [0.15, 0.2) is 0 Å². The Morgan fingerprint density at radius 3 is 1.79 bits per heavy atom. The molecule has 0 bridgehead atoms. The lowest BCUT2D eigenvalue weighted by Crippen LogP contribution is -2.33. The molecule has 0 aliphatic carbocycles. The third-order valence-corrected chi connectivity index (χ3v) is 7.26. The number of ketones is 1. The van der Waals surface area contributed by atoms with Gasteiger partial charge in [-0.3, -0.25) is 4.98 Å². The minimum Gasteiger partial charge on any atom is -0.499 e. The number of fused-ring (bicyclic) bond motifs is 1. The highest BCUT2D eigenvalue weighted by molar-refractivity contribution is 5.81. The van der Waals surface area contributed by atoms with Crippen molar-refractivity contribution >= 4 is 16.6 Å². The number of rotatable bonds is 11. The van der Waals surface area contributed by atoms with Crippen LogP contribution in [0.5, 0.6) is 0 Å². The number of hydrogen-bond donors (Lipinski definition) is 1. The maximum absolute atomic E-state index is 10.6. The van der Waals surface area contributed by atoms with Crippen LogP contribution in [0.1, 0.15) is 131 Å². The Hall–Kier alpha value is -3.24. The monoisotopic (exact) mass is 663 g/mol. The molecule has 1 heterocycles. The summed E-state index contributed by atoms with van der Waals surface area (Å²) in [6, 6.07) is 18.2. The van der Waals surface area contributed by atoms with Crippen molar-refractivity contribution in [3.05, 3.63) is 102 Å². The van der Waals surface area contributed by atoms with Gasteiger partial charge in [0.25, 0.3) is 0 Å². The summed E-state index contributed by atoms with van der Waals surface area (Å²) in [4.78, 5) is 14.8. The number of aryl methyl sites for hydroxylation is 3. The van der Waals surface area contributed by atoms with E-state index >= 15 is 0 Å². The predicted molar refractivity (Wildman–Crippen MR) is 216 cm³/mol. The molecule has 2 aromatic carbocycles. The molecule has 1 N–H and O–H groups in total. The third kappa shape index (κ3) is 28.9. The lowest BCUT2D eigenvalue weighted by atomic mass is 10.0. The first-order valence-corrected chi connectivity index (χ1v) is 18.1. The second kappa shape index (κ2) is 31.1. The van der Waals surface area contributed by atoms with Gasteiger partial charge in [0.05, 0.1) is 12.4 Å². The average molecular weight is 663 g/mol. The van der Waals surface area contributed by atoms with Crippen molar-refractivity contribution in [1.82, 2.24) is 10.3 Å². The SMILES string of the molecule is C=C(C)C.C=C(C)OCC(C)CCC(C)=O.CC.CCC(C)NC(C)CC.CCc1cccc(C)c1C.Cc1cc2ccccc2cn1. The molecule has 272 valence electrons. The van der Waals surface area contributed by atoms with Gasteiger partial charge in [-0.05, 0) is 122 Å². The zero-order chi connectivity index (χ0) is 37.7. The zero-order valence-electron chi connectivity index (χ0n) is 33.8. The molecule has 0 amide bonds. The number of aromatic nitrogens is 1. The molecule has 0 aliphatic rings. The first-order valence-electron chi connectivity index (χ1n) is 18.1. The smallest absolute Gasteiger partial charge is 0.129 e. The second-order valence-corrected chi connectivity index (χ2v) is 12.7. The van der Waals surface area contributed by atoms with Crippen LogP contribution in [-0.2, 0) is 16.0 Å². The summed E-state index contributed by atoms with van der Waals surface area (Å²) in [5, 5.41) is 5.95. The number of pyridine rings is 1. The minimum atomic E-state index is 0.247. The van der Waals surface area contributed by atoms with Crippen LogP contribution < -0.4 is 5.32 Å². The molecule has 0 aliphatic heterocycles. The highest BCUT2D eigenvalue weighted by atomic mass is 16.5. The number of nitrogens with one attached hydrogen (secondary N) is 1. The highest BCUT2D eigenvalue weighted by Crippen LogP contribution is 2.13. The molecule has 4 heteroatoms. The van der Waals surface area contributed by atoms with E-state index in [0.29, 0.717) is 31.0 Å². The van der Waals surface area contributed by atoms with Gasteiger partial charge < -0.3 is 14.8 Å². The van der Waals surface area contributed by atoms with E-state index in [-0.39, 0.29) is 5.78 Å². The lowest BCUT2D eigenvalue weighted by molar-refractivity contribution is -0.117. The Morgan fingerprint density at radius 1 is 0.833 bits per heavy atom. The fraction of sp³-hybridized carbons (Fsp3) is 0.545. The van der Waals surface area contributed by atoms with Crippen LogP contribution in [0.2, 0.25) is 0 Å². The molecule has 0 saturated heterocycles. The molecule has 3 rings (SSSR count). The molecule has 4 nitrogen and oxygen atoms in total. The molecule has 48 heavy (non-hydrogen) atoms. The Labute approximate surface area is 297 Å². The maximum Gasteiger partial charge on any atom is 0.129 e. The van der Waals surface area contributed by atoms with Gasteiger partial charge in [-0.1, -0.05) is 96.2 Å². The van der Waals surface area contributed by atoms with Crippen LogP contribution in [0, 0.1) is 26.7 Å². The predicted octanol–water partition coefficient (Wildman–Crippen LogP) is 12.7. The van der Waals surface area contributed by atoms with Crippen molar-refractivity contribution in [2.75, 3.05) is 6.61 Å². The number of benzene rings is 2. The Balaban J connectivity index is -0.000000535. The normalized spacial score (nSPS) is 11.4. The summed E-state index contributed by atoms with van der Waals surface area (Å²) >= 11 is 0. The van der Waals surface area contributed by atoms with Gasteiger partial charge in [0.2, 0.25) is 0 Å². The first-order chi connectivity index (χ1) is 22.6. The molecule has 0 fully saturated rings. The molecular weight excluding hydrogens is 588 g/mol. The van der Waals surface area contributed by atoms with Crippen LogP contribution in [0.4, 0.5) is 0 Å². The number of nitrogens with zero attached hydrogens (tertiary/aromatic N) is 1. The van der Waals surface area contributed by atoms with Gasteiger partial charge >= 0.3 is 0 Å². The highest BCUT2D eigenvalue weighted by Gasteiger charge is 2.04. The molecule has 0 spiro atoms. The van der Waals surface area contributed by atoms with Crippen molar-refractivity contribution in [2.45, 2.75) is 148 Å². The summed E-state index contributed by atoms with van der Waals surface area (Å²) in [6.45, 7) is 38.8. The number of carbonyl (C=O) groups excluding carboxylic acids is 1. The number of Topliss-reactive ketones (excluding diaryl/α,β-unsaturated/α-hetero) is 1. The van der Waals surface area contributed by atoms with Crippen LogP contribution >= 0.6 is 0 Å². The van der Waals surface area contributed by atoms with Crippen LogP contribution in [0.3, 0.4) is 0 Å². The van der Waals surface area contributed by atoms with Crippen LogP contribution in [0.15, 0.2) is 79.2 Å². The topological polar surface area (TPSA) is 51.2 Å². The summed E-state index contributed by atoms with van der Waals surface area (Å²) in [5.74, 6) is 1.42. The molecule has 3 unspecified atom stereocenters. The van der Waals surface area contributed by atoms with Crippen molar-refractivity contribution in [1.29, 1.82) is 0 Å². The summed E-state index contributed by atoms with van der Waals surface area (Å²) < 4.78 is 5.23. The lowest BCUT2D eigenvalue weighted by Gasteiger charge is -2.16. The molecule has 3 aromatic rings. The van der Waals surface area contributed by atoms with E-state index in [0.717, 1.165) is 24.3 Å². The molecule has 1 aromatic heterocycles. The second-order valence-electron chi connectivity index (χ2n) is 12.7. The fourth-order valence-electron chi connectivity index (χ4n) is 3.93. The van der Waals surface area contributed by atoms with Gasteiger partial charge in [0, 0.05) is 35.8 Å². The zero-order valence-corrected chi connectivity index (χ0v) is 33.8. The number of ether oxygens (including phenoxy) is 1. The number of hydrogen-bond acceptors (Lipinski definition) is 4. The van der Waals surface area contributed by atoms with Gasteiger partial charge in [-0.15, -0.1) is 6.58 Å². The molecule has 3 atom stereocenters. The van der Waals surface area contributed by atoms with Crippen LogP contribution in [-0.4, -0.2) is 29.5 Å². The Bertz CT molecular complexity index is 1230. The summed E-state index contributed by atoms with van der Waals surface area (Å²) in [6.07, 6.45) is 7.07. The number of allylic oxidation sites excluding steroid dienone is 2. The summed E-state index contributed by atoms with van der Waals surface area (Å²) in [7, 11) is 0. The first kappa shape index (κ1) is 49.2. The van der Waals surface area contributed by atoms with Crippen molar-refractivity contribution in [3.8, 4) is 0 Å². The van der Waals surface area contributed by atoms with Gasteiger partial charge in [0.1, 0.15) is 5.78 Å². The Kier molecular flexibility index (Phi) is 31.8. The van der Waals surface area contributed by atoms with E-state index in [9.17, 15) is 4.79 Å². The van der Waals surface area contributed by atoms with E-state index in [1.807, 2.05) is 59.9 Å². The van der Waals surface area contributed by atoms with Gasteiger partial charge in [-0.25, -0.2) is 0 Å². The standard InChI is InChI=1S/C10H9N.C10H18O2.C10H14.C8H19N.C4H8.C2H6/c1-8-6-9-4-2-3-5-10(9)7-11-8;1-8(2)12-7-9(3)5-6-10(4)11;1-4-10-7-5-6-8(2)9(10)3;1-5-7(3)9-8(4)6-2;1-4(2)3;1-2/h2-7H,1H3;9H,1,5-7H2,2-4H3;5-7H,4H2,1-3H3;7-9H,5-6H2,1-4H3;1H2,2-3H3;1-2H3. The van der Waals surface area contributed by atoms with E-state index in [1.54, 1.807) is 6.92 Å². The van der Waals surface area contributed by atoms with Crippen LogP contribution in [0.25, 0.3) is 10.8 Å². The van der Waals surface area contributed by atoms with E-state index in [4.69, 9.17) is 4.74 Å². The maximum atomic E-state index is 10.6. The van der Waals surface area contributed by atoms with Crippen molar-refractivity contribution in [3.63, 3.8) is 0 Å². The average Bonchev–Trinajstić information content (AvgIpc) is 3.05. The Morgan fingerprint density at radius 2 is 1.35 bits per heavy atom. The van der Waals surface area contributed by atoms with Crippen molar-refractivity contribution < 1.29 is 9.53 Å². The quantitative estimate of drug-likeness (QED) is 0.164. The van der Waals surface area contributed by atoms with E-state index in [1.165, 1.54) is 45.9 Å². The third-order valence-electron chi connectivity index (χ3n) is 7.26. The van der Waals surface area contributed by atoms with Crippen molar-refractivity contribution in [2.24, 2.45) is 5.92 Å². The van der Waals surface area contributed by atoms with E-state index < -0.39 is 0 Å². The molecular formula is C44H74N2O2. The summed E-state index contributed by atoms with van der Waals surface area (Å²) in [5.41, 5.74) is 6.56.